The second kappa shape index (κ2) is 7.16. The largest absolute Gasteiger partial charge is 0.486 e. The van der Waals surface area contributed by atoms with Crippen molar-refractivity contribution in [3.8, 4) is 11.5 Å². The number of ether oxygens (including phenoxy) is 2. The molecule has 0 aromatic heterocycles. The van der Waals surface area contributed by atoms with Gasteiger partial charge in [0.05, 0.1) is 6.54 Å². The van der Waals surface area contributed by atoms with E-state index in [2.05, 4.69) is 48.6 Å². The molecule has 2 aromatic rings. The predicted octanol–water partition coefficient (Wildman–Crippen LogP) is 5.28. The smallest absolute Gasteiger partial charge is 0.163 e. The summed E-state index contributed by atoms with van der Waals surface area (Å²) in [6.07, 6.45) is 7.36. The highest BCUT2D eigenvalue weighted by Gasteiger charge is 2.41. The second-order valence-corrected chi connectivity index (χ2v) is 8.45. The number of aryl methyl sites for hydroxylation is 1. The third kappa shape index (κ3) is 3.25. The van der Waals surface area contributed by atoms with Gasteiger partial charge in [-0.15, -0.1) is 0 Å². The average Bonchev–Trinajstić information content (AvgIpc) is 2.71. The molecule has 0 saturated heterocycles. The molecule has 1 fully saturated rings. The van der Waals surface area contributed by atoms with Gasteiger partial charge in [0.1, 0.15) is 19.0 Å². The first-order valence-corrected chi connectivity index (χ1v) is 10.5. The third-order valence-electron chi connectivity index (χ3n) is 6.37. The molecule has 0 unspecified atom stereocenters. The lowest BCUT2D eigenvalue weighted by Crippen LogP contribution is -2.43. The van der Waals surface area contributed by atoms with Gasteiger partial charge in [0.25, 0.3) is 0 Å². The first kappa shape index (κ1) is 17.6. The zero-order chi connectivity index (χ0) is 19.0. The Kier molecular flexibility index (Phi) is 4.50. The molecule has 1 N–H and O–H groups in total. The van der Waals surface area contributed by atoms with E-state index in [0.717, 1.165) is 36.0 Å². The summed E-state index contributed by atoms with van der Waals surface area (Å²) in [5, 5.41) is 3.71. The van der Waals surface area contributed by atoms with Crippen LogP contribution in [0.4, 0.5) is 5.69 Å². The van der Waals surface area contributed by atoms with Crippen LogP contribution in [-0.2, 0) is 13.0 Å². The van der Waals surface area contributed by atoms with E-state index in [9.17, 15) is 0 Å². The van der Waals surface area contributed by atoms with E-state index in [4.69, 9.17) is 14.5 Å². The van der Waals surface area contributed by atoms with Crippen molar-refractivity contribution in [2.75, 3.05) is 18.5 Å². The normalized spacial score (nSPS) is 21.2. The van der Waals surface area contributed by atoms with Crippen LogP contribution in [0.1, 0.15) is 48.8 Å². The van der Waals surface area contributed by atoms with Gasteiger partial charge in [-0.1, -0.05) is 49.1 Å². The van der Waals surface area contributed by atoms with Crippen LogP contribution in [0.3, 0.4) is 0 Å². The fourth-order valence-corrected chi connectivity index (χ4v) is 4.93. The van der Waals surface area contributed by atoms with E-state index < -0.39 is 0 Å². The van der Waals surface area contributed by atoms with E-state index in [1.165, 1.54) is 48.8 Å². The van der Waals surface area contributed by atoms with Crippen molar-refractivity contribution in [3.63, 3.8) is 0 Å². The fourth-order valence-electron chi connectivity index (χ4n) is 4.93. The van der Waals surface area contributed by atoms with Crippen molar-refractivity contribution < 1.29 is 9.47 Å². The van der Waals surface area contributed by atoms with Crippen molar-refractivity contribution in [1.82, 2.24) is 0 Å². The molecule has 2 aliphatic heterocycles. The topological polar surface area (TPSA) is 42.9 Å². The molecule has 0 amide bonds. The highest BCUT2D eigenvalue weighted by Crippen LogP contribution is 2.47. The van der Waals surface area contributed by atoms with Gasteiger partial charge in [-0.25, -0.2) is 0 Å². The van der Waals surface area contributed by atoms with Gasteiger partial charge in [-0.05, 0) is 43.4 Å². The summed E-state index contributed by atoms with van der Waals surface area (Å²) in [6, 6.07) is 12.9. The molecule has 2 heterocycles. The van der Waals surface area contributed by atoms with E-state index in [1.807, 2.05) is 0 Å². The molecule has 1 aliphatic carbocycles. The summed E-state index contributed by atoms with van der Waals surface area (Å²) in [5.41, 5.74) is 5.16. The summed E-state index contributed by atoms with van der Waals surface area (Å²) < 4.78 is 11.6. The Hall–Kier alpha value is -2.49. The summed E-state index contributed by atoms with van der Waals surface area (Å²) in [5.74, 6) is 2.89. The molecular weight excluding hydrogens is 348 g/mol. The monoisotopic (exact) mass is 376 g/mol. The van der Waals surface area contributed by atoms with Crippen LogP contribution in [0.25, 0.3) is 0 Å². The van der Waals surface area contributed by atoms with E-state index >= 15 is 0 Å². The SMILES string of the molecule is Cc1cccc(CN=C2Nc3cc4c(cc3CC23CCCCC3)OCCO4)c1. The van der Waals surface area contributed by atoms with Crippen molar-refractivity contribution in [3.05, 3.63) is 53.1 Å². The molecule has 0 radical (unpaired) electrons. The lowest BCUT2D eigenvalue weighted by Gasteiger charge is -2.43. The van der Waals surface area contributed by atoms with Gasteiger partial charge in [-0.3, -0.25) is 4.99 Å². The van der Waals surface area contributed by atoms with E-state index in [1.54, 1.807) is 0 Å². The summed E-state index contributed by atoms with van der Waals surface area (Å²) in [4.78, 5) is 5.12. The number of hydrogen-bond acceptors (Lipinski definition) is 3. The third-order valence-corrected chi connectivity index (χ3v) is 6.37. The Bertz CT molecular complexity index is 913. The highest BCUT2D eigenvalue weighted by atomic mass is 16.6. The number of hydrogen-bond donors (Lipinski definition) is 1. The van der Waals surface area contributed by atoms with Gasteiger partial charge in [0, 0.05) is 17.2 Å². The number of amidine groups is 1. The molecule has 146 valence electrons. The standard InChI is InChI=1S/C24H28N2O2/c1-17-6-5-7-18(12-17)16-25-23-24(8-3-2-4-9-24)15-19-13-21-22(14-20(19)26-23)28-11-10-27-21/h5-7,12-14H,2-4,8-11,15-16H2,1H3,(H,25,26). The maximum Gasteiger partial charge on any atom is 0.163 e. The van der Waals surface area contributed by atoms with Crippen molar-refractivity contribution >= 4 is 11.5 Å². The molecule has 28 heavy (non-hydrogen) atoms. The minimum absolute atomic E-state index is 0.138. The molecule has 5 rings (SSSR count). The summed E-state index contributed by atoms with van der Waals surface area (Å²) in [7, 11) is 0. The summed E-state index contributed by atoms with van der Waals surface area (Å²) in [6.45, 7) is 4.11. The number of nitrogens with zero attached hydrogens (tertiary/aromatic N) is 1. The van der Waals surface area contributed by atoms with Gasteiger partial charge >= 0.3 is 0 Å². The van der Waals surface area contributed by atoms with E-state index in [0.29, 0.717) is 13.2 Å². The Labute approximate surface area is 167 Å². The van der Waals surface area contributed by atoms with Crippen LogP contribution in [0.5, 0.6) is 11.5 Å². The van der Waals surface area contributed by atoms with Gasteiger partial charge in [0.2, 0.25) is 0 Å². The van der Waals surface area contributed by atoms with Crippen LogP contribution in [-0.4, -0.2) is 19.0 Å². The van der Waals surface area contributed by atoms with Gasteiger partial charge in [-0.2, -0.15) is 0 Å². The number of benzene rings is 2. The molecule has 4 nitrogen and oxygen atoms in total. The van der Waals surface area contributed by atoms with Crippen LogP contribution < -0.4 is 14.8 Å². The Morgan fingerprint density at radius 1 is 1.00 bits per heavy atom. The number of anilines is 1. The van der Waals surface area contributed by atoms with Crippen LogP contribution in [0.2, 0.25) is 0 Å². The first-order chi connectivity index (χ1) is 13.7. The van der Waals surface area contributed by atoms with Gasteiger partial charge < -0.3 is 14.8 Å². The van der Waals surface area contributed by atoms with Crippen LogP contribution in [0, 0.1) is 12.3 Å². The molecular formula is C24H28N2O2. The maximum absolute atomic E-state index is 5.83. The lowest BCUT2D eigenvalue weighted by molar-refractivity contribution is 0.171. The van der Waals surface area contributed by atoms with Crippen LogP contribution in [0.15, 0.2) is 41.4 Å². The van der Waals surface area contributed by atoms with Crippen molar-refractivity contribution in [2.24, 2.45) is 10.4 Å². The molecule has 1 saturated carbocycles. The van der Waals surface area contributed by atoms with Crippen LogP contribution >= 0.6 is 0 Å². The fraction of sp³-hybridized carbons (Fsp3) is 0.458. The zero-order valence-corrected chi connectivity index (χ0v) is 16.6. The zero-order valence-electron chi connectivity index (χ0n) is 16.6. The van der Waals surface area contributed by atoms with Crippen molar-refractivity contribution in [2.45, 2.75) is 52.0 Å². The minimum atomic E-state index is 0.138. The number of fused-ring (bicyclic) bond motifs is 2. The Morgan fingerprint density at radius 2 is 1.79 bits per heavy atom. The van der Waals surface area contributed by atoms with Crippen molar-refractivity contribution in [1.29, 1.82) is 0 Å². The first-order valence-electron chi connectivity index (χ1n) is 10.5. The number of aliphatic imine (C=N–C) groups is 1. The minimum Gasteiger partial charge on any atom is -0.486 e. The molecule has 2 aromatic carbocycles. The molecule has 1 spiro atoms. The quantitative estimate of drug-likeness (QED) is 0.775. The highest BCUT2D eigenvalue weighted by molar-refractivity contribution is 6.03. The number of nitrogens with one attached hydrogen (secondary N) is 1. The number of rotatable bonds is 2. The average molecular weight is 377 g/mol. The molecule has 4 heteroatoms. The molecule has 3 aliphatic rings. The van der Waals surface area contributed by atoms with Gasteiger partial charge in [0.15, 0.2) is 11.5 Å². The second-order valence-electron chi connectivity index (χ2n) is 8.45. The maximum atomic E-state index is 5.83. The Morgan fingerprint density at radius 3 is 2.57 bits per heavy atom. The predicted molar refractivity (Wildman–Crippen MR) is 113 cm³/mol. The Balaban J connectivity index is 1.50. The van der Waals surface area contributed by atoms with E-state index in [-0.39, 0.29) is 5.41 Å². The molecule has 0 bridgehead atoms. The summed E-state index contributed by atoms with van der Waals surface area (Å²) >= 11 is 0. The lowest BCUT2D eigenvalue weighted by atomic mass is 9.67. The molecule has 0 atom stereocenters.